The number of rotatable bonds is 6. The lowest BCUT2D eigenvalue weighted by Crippen LogP contribution is -2.57. The highest BCUT2D eigenvalue weighted by molar-refractivity contribution is 7.87. The van der Waals surface area contributed by atoms with Gasteiger partial charge in [0.1, 0.15) is 5.54 Å². The molecule has 2 aliphatic carbocycles. The monoisotopic (exact) mass is 248 g/mol. The summed E-state index contributed by atoms with van der Waals surface area (Å²) in [4.78, 5) is 11.1. The molecule has 7 heteroatoms. The first-order chi connectivity index (χ1) is 7.33. The van der Waals surface area contributed by atoms with E-state index < -0.39 is 21.7 Å². The van der Waals surface area contributed by atoms with Crippen LogP contribution in [0.3, 0.4) is 0 Å². The van der Waals surface area contributed by atoms with E-state index in [-0.39, 0.29) is 12.0 Å². The smallest absolute Gasteiger partial charge is 0.324 e. The van der Waals surface area contributed by atoms with Crippen LogP contribution in [-0.2, 0) is 15.0 Å². The second kappa shape index (κ2) is 3.68. The normalized spacial score (nSPS) is 25.1. The van der Waals surface area contributed by atoms with Gasteiger partial charge in [0.2, 0.25) is 0 Å². The number of carbonyl (C=O) groups is 1. The van der Waals surface area contributed by atoms with Gasteiger partial charge in [-0.2, -0.15) is 17.9 Å². The van der Waals surface area contributed by atoms with Crippen LogP contribution in [0, 0.1) is 5.92 Å². The van der Waals surface area contributed by atoms with Crippen molar-refractivity contribution in [2.24, 2.45) is 5.92 Å². The molecule has 16 heavy (non-hydrogen) atoms. The number of carboxylic acid groups (broad SMARTS) is 1. The maximum atomic E-state index is 11.6. The minimum atomic E-state index is -3.71. The minimum absolute atomic E-state index is 0.0188. The predicted molar refractivity (Wildman–Crippen MR) is 57.0 cm³/mol. The molecule has 6 nitrogen and oxygen atoms in total. The summed E-state index contributed by atoms with van der Waals surface area (Å²) in [7, 11) is -3.71. The third-order valence-corrected chi connectivity index (χ3v) is 4.42. The van der Waals surface area contributed by atoms with Crippen molar-refractivity contribution in [2.75, 3.05) is 0 Å². The second-order valence-electron chi connectivity index (χ2n) is 4.78. The molecule has 0 saturated heterocycles. The predicted octanol–water partition coefficient (Wildman–Crippen LogP) is -0.174. The molecule has 0 aromatic carbocycles. The van der Waals surface area contributed by atoms with Gasteiger partial charge in [-0.15, -0.1) is 0 Å². The van der Waals surface area contributed by atoms with Crippen LogP contribution < -0.4 is 9.44 Å². The summed E-state index contributed by atoms with van der Waals surface area (Å²) in [5, 5.41) is 9.10. The Morgan fingerprint density at radius 2 is 1.88 bits per heavy atom. The Bertz CT molecular complexity index is 400. The van der Waals surface area contributed by atoms with E-state index in [0.717, 1.165) is 25.7 Å². The van der Waals surface area contributed by atoms with Crippen molar-refractivity contribution in [1.29, 1.82) is 0 Å². The summed E-state index contributed by atoms with van der Waals surface area (Å²) in [6.07, 6.45) is 3.17. The highest BCUT2D eigenvalue weighted by atomic mass is 32.2. The molecule has 0 aliphatic heterocycles. The van der Waals surface area contributed by atoms with Crippen molar-refractivity contribution in [2.45, 2.75) is 44.2 Å². The number of hydrogen-bond donors (Lipinski definition) is 3. The van der Waals surface area contributed by atoms with Crippen LogP contribution in [0.2, 0.25) is 0 Å². The molecule has 0 bridgehead atoms. The van der Waals surface area contributed by atoms with Crippen molar-refractivity contribution in [3.05, 3.63) is 0 Å². The van der Waals surface area contributed by atoms with Crippen LogP contribution in [0.15, 0.2) is 0 Å². The molecule has 2 saturated carbocycles. The average Bonchev–Trinajstić information content (AvgIpc) is 2.96. The van der Waals surface area contributed by atoms with Crippen molar-refractivity contribution < 1.29 is 18.3 Å². The topological polar surface area (TPSA) is 95.5 Å². The first-order valence-electron chi connectivity index (χ1n) is 5.38. The van der Waals surface area contributed by atoms with Gasteiger partial charge < -0.3 is 5.11 Å². The Morgan fingerprint density at radius 3 is 2.25 bits per heavy atom. The molecule has 0 amide bonds. The van der Waals surface area contributed by atoms with Gasteiger partial charge in [-0.25, -0.2) is 0 Å². The standard InChI is InChI=1S/C9H16N2O4S/c1-9(8(12)13,6-2-3-6)11-16(14,15)10-7-4-5-7/h6-7,10-11H,2-5H2,1H3,(H,12,13). The van der Waals surface area contributed by atoms with E-state index in [4.69, 9.17) is 5.11 Å². The van der Waals surface area contributed by atoms with E-state index in [1.807, 2.05) is 0 Å². The van der Waals surface area contributed by atoms with Crippen molar-refractivity contribution in [3.63, 3.8) is 0 Å². The SMILES string of the molecule is CC(NS(=O)(=O)NC1CC1)(C(=O)O)C1CC1. The van der Waals surface area contributed by atoms with Crippen LogP contribution in [0.25, 0.3) is 0 Å². The Morgan fingerprint density at radius 1 is 1.31 bits per heavy atom. The fourth-order valence-corrected chi connectivity index (χ4v) is 3.24. The summed E-state index contributed by atoms with van der Waals surface area (Å²) in [5.74, 6) is -1.21. The first-order valence-corrected chi connectivity index (χ1v) is 6.86. The third kappa shape index (κ3) is 2.53. The zero-order valence-corrected chi connectivity index (χ0v) is 9.88. The third-order valence-electron chi connectivity index (χ3n) is 3.08. The molecule has 0 radical (unpaired) electrons. The highest BCUT2D eigenvalue weighted by Crippen LogP contribution is 2.40. The molecule has 2 aliphatic rings. The van der Waals surface area contributed by atoms with Gasteiger partial charge >= 0.3 is 5.97 Å². The fraction of sp³-hybridized carbons (Fsp3) is 0.889. The summed E-state index contributed by atoms with van der Waals surface area (Å²) in [5.41, 5.74) is -1.37. The van der Waals surface area contributed by atoms with Gasteiger partial charge in [0.05, 0.1) is 0 Å². The highest BCUT2D eigenvalue weighted by Gasteiger charge is 2.50. The summed E-state index contributed by atoms with van der Waals surface area (Å²) in [6, 6.07) is -0.0188. The molecule has 3 N–H and O–H groups in total. The van der Waals surface area contributed by atoms with E-state index >= 15 is 0 Å². The number of nitrogens with one attached hydrogen (secondary N) is 2. The Hall–Kier alpha value is -0.660. The van der Waals surface area contributed by atoms with E-state index in [1.54, 1.807) is 0 Å². The largest absolute Gasteiger partial charge is 0.480 e. The molecule has 0 aromatic heterocycles. The lowest BCUT2D eigenvalue weighted by atomic mass is 9.98. The van der Waals surface area contributed by atoms with Gasteiger partial charge in [0.15, 0.2) is 0 Å². The molecule has 0 spiro atoms. The number of carboxylic acids is 1. The molecule has 2 rings (SSSR count). The second-order valence-corrected chi connectivity index (χ2v) is 6.23. The summed E-state index contributed by atoms with van der Waals surface area (Å²) in [6.45, 7) is 1.43. The maximum Gasteiger partial charge on any atom is 0.324 e. The Kier molecular flexibility index (Phi) is 2.72. The average molecular weight is 248 g/mol. The van der Waals surface area contributed by atoms with Crippen LogP contribution in [0.5, 0.6) is 0 Å². The molecule has 0 heterocycles. The first kappa shape index (κ1) is 11.8. The van der Waals surface area contributed by atoms with Gasteiger partial charge in [-0.3, -0.25) is 4.79 Å². The lowest BCUT2D eigenvalue weighted by Gasteiger charge is -2.25. The molecular weight excluding hydrogens is 232 g/mol. The van der Waals surface area contributed by atoms with E-state index in [2.05, 4.69) is 9.44 Å². The zero-order valence-electron chi connectivity index (χ0n) is 9.06. The Labute approximate surface area is 94.6 Å². The van der Waals surface area contributed by atoms with Gasteiger partial charge in [-0.1, -0.05) is 0 Å². The van der Waals surface area contributed by atoms with E-state index in [9.17, 15) is 13.2 Å². The lowest BCUT2D eigenvalue weighted by molar-refractivity contribution is -0.144. The maximum absolute atomic E-state index is 11.6. The van der Waals surface area contributed by atoms with E-state index in [0.29, 0.717) is 0 Å². The molecule has 1 atom stereocenters. The quantitative estimate of drug-likeness (QED) is 0.608. The van der Waals surface area contributed by atoms with Crippen LogP contribution in [-0.4, -0.2) is 31.1 Å². The fourth-order valence-electron chi connectivity index (χ4n) is 1.69. The Balaban J connectivity index is 2.07. The summed E-state index contributed by atoms with van der Waals surface area (Å²) < 4.78 is 28.0. The molecular formula is C9H16N2O4S. The number of aliphatic carboxylic acids is 1. The van der Waals surface area contributed by atoms with Crippen molar-refractivity contribution in [1.82, 2.24) is 9.44 Å². The molecule has 2 fully saturated rings. The molecule has 1 unspecified atom stereocenters. The van der Waals surface area contributed by atoms with Crippen molar-refractivity contribution >= 4 is 16.2 Å². The van der Waals surface area contributed by atoms with Crippen molar-refractivity contribution in [3.8, 4) is 0 Å². The van der Waals surface area contributed by atoms with Crippen LogP contribution >= 0.6 is 0 Å². The van der Waals surface area contributed by atoms with Gasteiger partial charge in [0, 0.05) is 6.04 Å². The van der Waals surface area contributed by atoms with E-state index in [1.165, 1.54) is 6.92 Å². The van der Waals surface area contributed by atoms with Crippen LogP contribution in [0.1, 0.15) is 32.6 Å². The van der Waals surface area contributed by atoms with Gasteiger partial charge in [-0.05, 0) is 38.5 Å². The van der Waals surface area contributed by atoms with Gasteiger partial charge in [0.25, 0.3) is 10.2 Å². The number of hydrogen-bond acceptors (Lipinski definition) is 3. The zero-order chi connectivity index (χ0) is 12.0. The molecule has 0 aromatic rings. The van der Waals surface area contributed by atoms with Crippen LogP contribution in [0.4, 0.5) is 0 Å². The minimum Gasteiger partial charge on any atom is -0.480 e. The molecule has 92 valence electrons. The summed E-state index contributed by atoms with van der Waals surface area (Å²) >= 11 is 0.